The molecular weight excluding hydrogens is 404 g/mol. The summed E-state index contributed by atoms with van der Waals surface area (Å²) < 4.78 is 18.4. The lowest BCUT2D eigenvalue weighted by atomic mass is 10.2. The monoisotopic (exact) mass is 428 g/mol. The van der Waals surface area contributed by atoms with Crippen LogP contribution in [0, 0.1) is 0 Å². The van der Waals surface area contributed by atoms with Crippen LogP contribution in [0.15, 0.2) is 85.1 Å². The average molecular weight is 428 g/mol. The molecule has 0 saturated carbocycles. The second-order valence-corrected chi connectivity index (χ2v) is 7.01. The summed E-state index contributed by atoms with van der Waals surface area (Å²) in [5.41, 5.74) is 2.94. The zero-order valence-corrected chi connectivity index (χ0v) is 18.0. The van der Waals surface area contributed by atoms with Crippen molar-refractivity contribution in [2.24, 2.45) is 0 Å². The van der Waals surface area contributed by atoms with Gasteiger partial charge in [0.2, 0.25) is 0 Å². The van der Waals surface area contributed by atoms with Crippen molar-refractivity contribution in [1.29, 1.82) is 0 Å². The van der Waals surface area contributed by atoms with Crippen molar-refractivity contribution in [2.75, 3.05) is 13.7 Å². The first kappa shape index (κ1) is 21.2. The van der Waals surface area contributed by atoms with Gasteiger partial charge in [-0.25, -0.2) is 9.78 Å². The number of methoxy groups -OCH3 is 1. The molecule has 0 fully saturated rings. The number of carbonyl (C=O) groups excluding carboxylic acids is 1. The number of ether oxygens (including phenoxy) is 3. The zero-order valence-electron chi connectivity index (χ0n) is 18.0. The van der Waals surface area contributed by atoms with E-state index < -0.39 is 5.97 Å². The first-order valence-electron chi connectivity index (χ1n) is 10.4. The molecule has 3 aromatic carbocycles. The lowest BCUT2D eigenvalue weighted by Gasteiger charge is -2.12. The van der Waals surface area contributed by atoms with Gasteiger partial charge in [-0.3, -0.25) is 4.57 Å². The van der Waals surface area contributed by atoms with Crippen molar-refractivity contribution in [3.63, 3.8) is 0 Å². The number of esters is 1. The molecule has 0 N–H and O–H groups in total. The number of hydrogen-bond donors (Lipinski definition) is 0. The van der Waals surface area contributed by atoms with Gasteiger partial charge in [-0.05, 0) is 48.9 Å². The highest BCUT2D eigenvalue weighted by atomic mass is 16.5. The Morgan fingerprint density at radius 3 is 2.38 bits per heavy atom. The zero-order chi connectivity index (χ0) is 22.3. The molecule has 0 aliphatic carbocycles. The van der Waals surface area contributed by atoms with Crippen molar-refractivity contribution in [1.82, 2.24) is 9.55 Å². The van der Waals surface area contributed by atoms with Gasteiger partial charge in [0.25, 0.3) is 0 Å². The first-order chi connectivity index (χ1) is 15.7. The highest BCUT2D eigenvalue weighted by molar-refractivity contribution is 5.88. The summed E-state index contributed by atoms with van der Waals surface area (Å²) in [4.78, 5) is 16.9. The van der Waals surface area contributed by atoms with Crippen molar-refractivity contribution in [3.05, 3.63) is 96.3 Å². The van der Waals surface area contributed by atoms with Crippen LogP contribution in [0.25, 0.3) is 17.1 Å². The summed E-state index contributed by atoms with van der Waals surface area (Å²) in [5, 5.41) is 0. The normalized spacial score (nSPS) is 10.6. The third kappa shape index (κ3) is 4.64. The van der Waals surface area contributed by atoms with Gasteiger partial charge in [-0.1, -0.05) is 42.5 Å². The number of benzene rings is 3. The topological polar surface area (TPSA) is 62.6 Å². The summed E-state index contributed by atoms with van der Waals surface area (Å²) in [5.74, 6) is 1.54. The summed E-state index contributed by atoms with van der Waals surface area (Å²) in [6.07, 6.45) is 1.68. The van der Waals surface area contributed by atoms with E-state index in [-0.39, 0.29) is 12.3 Å². The Labute approximate surface area is 187 Å². The fourth-order valence-corrected chi connectivity index (χ4v) is 3.34. The lowest BCUT2D eigenvalue weighted by Crippen LogP contribution is -2.04. The Hall–Kier alpha value is -4.06. The molecule has 1 heterocycles. The van der Waals surface area contributed by atoms with E-state index in [1.165, 1.54) is 0 Å². The molecule has 0 aliphatic heterocycles. The molecule has 162 valence electrons. The maximum absolute atomic E-state index is 12.4. The van der Waals surface area contributed by atoms with Gasteiger partial charge in [-0.2, -0.15) is 0 Å². The molecule has 0 aliphatic rings. The molecule has 0 amide bonds. The summed E-state index contributed by atoms with van der Waals surface area (Å²) >= 11 is 0. The van der Waals surface area contributed by atoms with Gasteiger partial charge in [-0.15, -0.1) is 0 Å². The molecule has 1 aromatic heterocycles. The SMILES string of the molecule is CCOC(=O)c1cn(-c2ccc(OCc3ccccc3)cc2)c(-c2ccccc2OC)n1. The van der Waals surface area contributed by atoms with E-state index in [9.17, 15) is 4.79 Å². The molecule has 0 unspecified atom stereocenters. The number of imidazole rings is 1. The highest BCUT2D eigenvalue weighted by Gasteiger charge is 2.19. The highest BCUT2D eigenvalue weighted by Crippen LogP contribution is 2.31. The largest absolute Gasteiger partial charge is 0.496 e. The van der Waals surface area contributed by atoms with E-state index in [1.54, 1.807) is 20.2 Å². The number of aromatic nitrogens is 2. The van der Waals surface area contributed by atoms with Gasteiger partial charge in [0.1, 0.15) is 23.9 Å². The number of carbonyl (C=O) groups is 1. The molecule has 6 heteroatoms. The summed E-state index contributed by atoms with van der Waals surface area (Å²) in [6, 6.07) is 25.2. The Kier molecular flexibility index (Phi) is 6.51. The van der Waals surface area contributed by atoms with Crippen LogP contribution in [0.3, 0.4) is 0 Å². The molecule has 6 nitrogen and oxygen atoms in total. The Bertz CT molecular complexity index is 1180. The summed E-state index contributed by atoms with van der Waals surface area (Å²) in [6.45, 7) is 2.54. The standard InChI is InChI=1S/C26H24N2O4/c1-3-31-26(29)23-17-28(25(27-23)22-11-7-8-12-24(22)30-2)20-13-15-21(16-14-20)32-18-19-9-5-4-6-10-19/h4-17H,3,18H2,1-2H3. The molecule has 0 radical (unpaired) electrons. The van der Waals surface area contributed by atoms with E-state index in [1.807, 2.05) is 83.4 Å². The second kappa shape index (κ2) is 9.83. The van der Waals surface area contributed by atoms with Crippen molar-refractivity contribution in [3.8, 4) is 28.6 Å². The van der Waals surface area contributed by atoms with Gasteiger partial charge < -0.3 is 14.2 Å². The Morgan fingerprint density at radius 1 is 0.938 bits per heavy atom. The Balaban J connectivity index is 1.66. The van der Waals surface area contributed by atoms with Crippen LogP contribution in [0.1, 0.15) is 23.0 Å². The third-order valence-electron chi connectivity index (χ3n) is 4.90. The van der Waals surface area contributed by atoms with Crippen molar-refractivity contribution >= 4 is 5.97 Å². The van der Waals surface area contributed by atoms with Crippen molar-refractivity contribution in [2.45, 2.75) is 13.5 Å². The fourth-order valence-electron chi connectivity index (χ4n) is 3.34. The third-order valence-corrected chi connectivity index (χ3v) is 4.90. The predicted molar refractivity (Wildman–Crippen MR) is 122 cm³/mol. The number of nitrogens with zero attached hydrogens (tertiary/aromatic N) is 2. The minimum atomic E-state index is -0.467. The van der Waals surface area contributed by atoms with Crippen LogP contribution < -0.4 is 9.47 Å². The van der Waals surface area contributed by atoms with Crippen LogP contribution in [0.5, 0.6) is 11.5 Å². The van der Waals surface area contributed by atoms with Crippen LogP contribution in [-0.2, 0) is 11.3 Å². The molecule has 4 aromatic rings. The van der Waals surface area contributed by atoms with Gasteiger partial charge in [0, 0.05) is 11.9 Å². The first-order valence-corrected chi connectivity index (χ1v) is 10.4. The maximum Gasteiger partial charge on any atom is 0.358 e. The fraction of sp³-hybridized carbons (Fsp3) is 0.154. The quantitative estimate of drug-likeness (QED) is 0.356. The predicted octanol–water partition coefficient (Wildman–Crippen LogP) is 5.30. The van der Waals surface area contributed by atoms with E-state index in [0.29, 0.717) is 18.2 Å². The van der Waals surface area contributed by atoms with Crippen molar-refractivity contribution < 1.29 is 19.0 Å². The van der Waals surface area contributed by atoms with E-state index >= 15 is 0 Å². The molecule has 0 spiro atoms. The number of rotatable bonds is 8. The molecule has 4 rings (SSSR count). The van der Waals surface area contributed by atoms with Crippen LogP contribution >= 0.6 is 0 Å². The number of para-hydroxylation sites is 1. The van der Waals surface area contributed by atoms with Crippen LogP contribution in [0.4, 0.5) is 0 Å². The van der Waals surface area contributed by atoms with Gasteiger partial charge in [0.05, 0.1) is 19.3 Å². The minimum absolute atomic E-state index is 0.233. The molecule has 32 heavy (non-hydrogen) atoms. The smallest absolute Gasteiger partial charge is 0.358 e. The Morgan fingerprint density at radius 2 is 1.66 bits per heavy atom. The van der Waals surface area contributed by atoms with E-state index in [2.05, 4.69) is 4.98 Å². The molecule has 0 atom stereocenters. The van der Waals surface area contributed by atoms with Gasteiger partial charge in [0.15, 0.2) is 5.69 Å². The number of hydrogen-bond acceptors (Lipinski definition) is 5. The molecular formula is C26H24N2O4. The minimum Gasteiger partial charge on any atom is -0.496 e. The average Bonchev–Trinajstić information content (AvgIpc) is 3.29. The maximum atomic E-state index is 12.4. The van der Waals surface area contributed by atoms with E-state index in [4.69, 9.17) is 14.2 Å². The second-order valence-electron chi connectivity index (χ2n) is 7.01. The molecule has 0 saturated heterocycles. The van der Waals surface area contributed by atoms with Gasteiger partial charge >= 0.3 is 5.97 Å². The molecule has 0 bridgehead atoms. The van der Waals surface area contributed by atoms with Crippen LogP contribution in [0.2, 0.25) is 0 Å². The lowest BCUT2D eigenvalue weighted by molar-refractivity contribution is 0.0520. The summed E-state index contributed by atoms with van der Waals surface area (Å²) in [7, 11) is 1.61. The van der Waals surface area contributed by atoms with Crippen LogP contribution in [-0.4, -0.2) is 29.2 Å². The van der Waals surface area contributed by atoms with E-state index in [0.717, 1.165) is 22.6 Å².